The van der Waals surface area contributed by atoms with Gasteiger partial charge in [-0.25, -0.2) is 0 Å². The van der Waals surface area contributed by atoms with Crippen molar-refractivity contribution in [1.82, 2.24) is 4.90 Å². The Morgan fingerprint density at radius 2 is 2.29 bits per heavy atom. The summed E-state index contributed by atoms with van der Waals surface area (Å²) in [6.45, 7) is 1.71. The fourth-order valence-electron chi connectivity index (χ4n) is 2.08. The van der Waals surface area contributed by atoms with Gasteiger partial charge in [-0.1, -0.05) is 0 Å². The molecule has 1 aliphatic heterocycles. The molecule has 5 heteroatoms. The maximum atomic E-state index is 12.3. The fraction of sp³-hybridized carbons (Fsp3) is 0.583. The van der Waals surface area contributed by atoms with Crippen molar-refractivity contribution in [2.24, 2.45) is 0 Å². The minimum atomic E-state index is 0.189. The standard InChI is InChI=1S/C12H15BrClNOS/c13-11-8-9-10(17-11)4-3-7-15(12(9)16)6-2-1-5-14/h8H,1-7H2. The van der Waals surface area contributed by atoms with E-state index in [2.05, 4.69) is 15.9 Å². The van der Waals surface area contributed by atoms with Crippen molar-refractivity contribution in [1.29, 1.82) is 0 Å². The number of thiophene rings is 1. The van der Waals surface area contributed by atoms with Crippen LogP contribution in [-0.2, 0) is 6.42 Å². The lowest BCUT2D eigenvalue weighted by Gasteiger charge is -2.20. The molecule has 0 bridgehead atoms. The van der Waals surface area contributed by atoms with Gasteiger partial charge in [-0.3, -0.25) is 4.79 Å². The molecule has 2 heterocycles. The van der Waals surface area contributed by atoms with Crippen LogP contribution < -0.4 is 0 Å². The average Bonchev–Trinajstić information content (AvgIpc) is 2.61. The van der Waals surface area contributed by atoms with Crippen LogP contribution in [0.25, 0.3) is 0 Å². The summed E-state index contributed by atoms with van der Waals surface area (Å²) in [5.41, 5.74) is 0.894. The van der Waals surface area contributed by atoms with Gasteiger partial charge in [0.1, 0.15) is 0 Å². The molecule has 0 saturated heterocycles. The summed E-state index contributed by atoms with van der Waals surface area (Å²) < 4.78 is 1.05. The zero-order chi connectivity index (χ0) is 12.3. The van der Waals surface area contributed by atoms with Gasteiger partial charge in [0.05, 0.1) is 9.35 Å². The number of hydrogen-bond donors (Lipinski definition) is 0. The van der Waals surface area contributed by atoms with Gasteiger partial charge in [0, 0.05) is 23.8 Å². The third-order valence-corrected chi connectivity index (χ3v) is 4.91. The van der Waals surface area contributed by atoms with E-state index in [0.717, 1.165) is 48.1 Å². The highest BCUT2D eigenvalue weighted by atomic mass is 79.9. The van der Waals surface area contributed by atoms with Crippen molar-refractivity contribution >= 4 is 44.8 Å². The number of fused-ring (bicyclic) bond motifs is 1. The lowest BCUT2D eigenvalue weighted by molar-refractivity contribution is 0.0759. The normalized spacial score (nSPS) is 15.9. The minimum Gasteiger partial charge on any atom is -0.339 e. The molecule has 0 fully saturated rings. The Bertz CT molecular complexity index is 407. The largest absolute Gasteiger partial charge is 0.339 e. The van der Waals surface area contributed by atoms with Gasteiger partial charge < -0.3 is 4.90 Å². The Labute approximate surface area is 119 Å². The van der Waals surface area contributed by atoms with E-state index in [1.165, 1.54) is 4.88 Å². The number of nitrogens with zero attached hydrogens (tertiary/aromatic N) is 1. The number of amides is 1. The maximum absolute atomic E-state index is 12.3. The number of rotatable bonds is 4. The second-order valence-corrected chi connectivity index (χ2v) is 7.07. The predicted octanol–water partition coefficient (Wildman–Crippen LogP) is 3.92. The predicted molar refractivity (Wildman–Crippen MR) is 76.2 cm³/mol. The van der Waals surface area contributed by atoms with E-state index in [-0.39, 0.29) is 5.91 Å². The van der Waals surface area contributed by atoms with Crippen LogP contribution >= 0.6 is 38.9 Å². The van der Waals surface area contributed by atoms with E-state index in [9.17, 15) is 4.79 Å². The van der Waals surface area contributed by atoms with E-state index in [0.29, 0.717) is 5.88 Å². The lowest BCUT2D eigenvalue weighted by atomic mass is 10.2. The molecule has 0 N–H and O–H groups in total. The van der Waals surface area contributed by atoms with E-state index in [4.69, 9.17) is 11.6 Å². The smallest absolute Gasteiger partial charge is 0.255 e. The van der Waals surface area contributed by atoms with Crippen LogP contribution in [0.4, 0.5) is 0 Å². The first-order valence-corrected chi connectivity index (χ1v) is 8.00. The molecule has 1 amide bonds. The summed E-state index contributed by atoms with van der Waals surface area (Å²) in [4.78, 5) is 15.5. The second kappa shape index (κ2) is 6.21. The highest BCUT2D eigenvalue weighted by Gasteiger charge is 2.23. The molecule has 0 aromatic carbocycles. The summed E-state index contributed by atoms with van der Waals surface area (Å²) in [5, 5.41) is 0. The molecule has 0 radical (unpaired) electrons. The number of halogens is 2. The van der Waals surface area contributed by atoms with E-state index in [1.807, 2.05) is 11.0 Å². The molecule has 94 valence electrons. The summed E-state index contributed by atoms with van der Waals surface area (Å²) in [7, 11) is 0. The SMILES string of the molecule is O=C1c2cc(Br)sc2CCCN1CCCCCl. The van der Waals surface area contributed by atoms with Crippen LogP contribution in [0, 0.1) is 0 Å². The van der Waals surface area contributed by atoms with Gasteiger partial charge in [0.25, 0.3) is 5.91 Å². The summed E-state index contributed by atoms with van der Waals surface area (Å²) in [6.07, 6.45) is 4.05. The first kappa shape index (κ1) is 13.4. The molecule has 0 saturated carbocycles. The molecular formula is C12H15BrClNOS. The van der Waals surface area contributed by atoms with Crippen molar-refractivity contribution in [3.63, 3.8) is 0 Å². The molecule has 0 aliphatic carbocycles. The van der Waals surface area contributed by atoms with Crippen LogP contribution in [0.2, 0.25) is 0 Å². The van der Waals surface area contributed by atoms with Gasteiger partial charge in [-0.15, -0.1) is 22.9 Å². The van der Waals surface area contributed by atoms with Crippen molar-refractivity contribution in [3.8, 4) is 0 Å². The first-order valence-electron chi connectivity index (χ1n) is 5.86. The molecule has 0 unspecified atom stereocenters. The van der Waals surface area contributed by atoms with Gasteiger partial charge >= 0.3 is 0 Å². The number of alkyl halides is 1. The summed E-state index contributed by atoms with van der Waals surface area (Å²) >= 11 is 10.8. The number of aryl methyl sites for hydroxylation is 1. The molecular weight excluding hydrogens is 322 g/mol. The molecule has 0 spiro atoms. The molecule has 1 aromatic heterocycles. The Kier molecular flexibility index (Phi) is 4.88. The van der Waals surface area contributed by atoms with Gasteiger partial charge in [-0.2, -0.15) is 0 Å². The van der Waals surface area contributed by atoms with E-state index in [1.54, 1.807) is 11.3 Å². The Balaban J connectivity index is 2.08. The number of carbonyl (C=O) groups is 1. The van der Waals surface area contributed by atoms with Crippen molar-refractivity contribution < 1.29 is 4.79 Å². The topological polar surface area (TPSA) is 20.3 Å². The first-order chi connectivity index (χ1) is 8.22. The average molecular weight is 337 g/mol. The number of hydrogen-bond acceptors (Lipinski definition) is 2. The van der Waals surface area contributed by atoms with Gasteiger partial charge in [-0.05, 0) is 47.7 Å². The molecule has 2 rings (SSSR count). The Hall–Kier alpha value is -0.0600. The summed E-state index contributed by atoms with van der Waals surface area (Å²) in [6, 6.07) is 1.96. The van der Waals surface area contributed by atoms with Crippen LogP contribution in [0.1, 0.15) is 34.5 Å². The number of unbranched alkanes of at least 4 members (excludes halogenated alkanes) is 1. The van der Waals surface area contributed by atoms with Gasteiger partial charge in [0.15, 0.2) is 0 Å². The van der Waals surface area contributed by atoms with Gasteiger partial charge in [0.2, 0.25) is 0 Å². The van der Waals surface area contributed by atoms with Crippen LogP contribution in [0.3, 0.4) is 0 Å². The van der Waals surface area contributed by atoms with E-state index < -0.39 is 0 Å². The zero-order valence-corrected chi connectivity index (χ0v) is 12.7. The molecule has 2 nitrogen and oxygen atoms in total. The lowest BCUT2D eigenvalue weighted by Crippen LogP contribution is -2.31. The third-order valence-electron chi connectivity index (χ3n) is 2.94. The highest BCUT2D eigenvalue weighted by molar-refractivity contribution is 9.11. The number of carbonyl (C=O) groups excluding carboxylic acids is 1. The minimum absolute atomic E-state index is 0.189. The quantitative estimate of drug-likeness (QED) is 0.603. The maximum Gasteiger partial charge on any atom is 0.255 e. The van der Waals surface area contributed by atoms with Crippen molar-refractivity contribution in [3.05, 3.63) is 20.3 Å². The molecule has 0 atom stereocenters. The molecule has 17 heavy (non-hydrogen) atoms. The monoisotopic (exact) mass is 335 g/mol. The Morgan fingerprint density at radius 3 is 3.06 bits per heavy atom. The molecule has 1 aromatic rings. The van der Waals surface area contributed by atoms with Crippen LogP contribution in [-0.4, -0.2) is 29.8 Å². The second-order valence-electron chi connectivity index (χ2n) is 4.18. The van der Waals surface area contributed by atoms with Crippen LogP contribution in [0.5, 0.6) is 0 Å². The van der Waals surface area contributed by atoms with Crippen LogP contribution in [0.15, 0.2) is 9.85 Å². The Morgan fingerprint density at radius 1 is 1.47 bits per heavy atom. The fourth-order valence-corrected chi connectivity index (χ4v) is 3.99. The summed E-state index contributed by atoms with van der Waals surface area (Å²) in [5.74, 6) is 0.867. The zero-order valence-electron chi connectivity index (χ0n) is 9.55. The third kappa shape index (κ3) is 3.24. The van der Waals surface area contributed by atoms with Crippen molar-refractivity contribution in [2.45, 2.75) is 25.7 Å². The molecule has 1 aliphatic rings. The highest BCUT2D eigenvalue weighted by Crippen LogP contribution is 2.31. The van der Waals surface area contributed by atoms with Crippen molar-refractivity contribution in [2.75, 3.05) is 19.0 Å². The van der Waals surface area contributed by atoms with E-state index >= 15 is 0 Å².